The summed E-state index contributed by atoms with van der Waals surface area (Å²) in [6.45, 7) is 4.73. The molecule has 4 heteroatoms. The molecule has 0 N–H and O–H groups in total. The summed E-state index contributed by atoms with van der Waals surface area (Å²) in [6.07, 6.45) is 3.39. The fraction of sp³-hybridized carbons (Fsp3) is 0.562. The molecule has 0 radical (unpaired) electrons. The zero-order valence-corrected chi connectivity index (χ0v) is 14.3. The summed E-state index contributed by atoms with van der Waals surface area (Å²) in [7, 11) is 0. The first-order valence-electron chi connectivity index (χ1n) is 7.34. The lowest BCUT2D eigenvalue weighted by atomic mass is 9.97. The molecule has 0 aliphatic heterocycles. The largest absolute Gasteiger partial charge is 0.325 e. The van der Waals surface area contributed by atoms with Gasteiger partial charge >= 0.3 is 0 Å². The molecular formula is C16H20BrClN2. The Morgan fingerprint density at radius 3 is 2.80 bits per heavy atom. The van der Waals surface area contributed by atoms with E-state index >= 15 is 0 Å². The SMILES string of the molecule is CC1CCC(n2c(CCCl)nc3ccc(Br)cc32)C1C. The third kappa shape index (κ3) is 2.39. The Morgan fingerprint density at radius 2 is 2.15 bits per heavy atom. The van der Waals surface area contributed by atoms with Crippen molar-refractivity contribution in [2.75, 3.05) is 5.88 Å². The fourth-order valence-corrected chi connectivity index (χ4v) is 3.97. The minimum Gasteiger partial charge on any atom is -0.325 e. The highest BCUT2D eigenvalue weighted by atomic mass is 79.9. The van der Waals surface area contributed by atoms with Crippen LogP contribution in [0.3, 0.4) is 0 Å². The van der Waals surface area contributed by atoms with Crippen LogP contribution in [0.15, 0.2) is 22.7 Å². The number of hydrogen-bond acceptors (Lipinski definition) is 1. The minimum atomic E-state index is 0.558. The number of nitrogens with zero attached hydrogens (tertiary/aromatic N) is 2. The second-order valence-electron chi connectivity index (χ2n) is 5.95. The van der Waals surface area contributed by atoms with Gasteiger partial charge in [-0.25, -0.2) is 4.98 Å². The first-order valence-corrected chi connectivity index (χ1v) is 8.67. The van der Waals surface area contributed by atoms with Gasteiger partial charge in [0.15, 0.2) is 0 Å². The van der Waals surface area contributed by atoms with Crippen LogP contribution in [0, 0.1) is 11.8 Å². The monoisotopic (exact) mass is 354 g/mol. The fourth-order valence-electron chi connectivity index (χ4n) is 3.45. The molecule has 3 atom stereocenters. The van der Waals surface area contributed by atoms with E-state index in [1.807, 2.05) is 0 Å². The number of aryl methyl sites for hydroxylation is 1. The average molecular weight is 356 g/mol. The number of benzene rings is 1. The van der Waals surface area contributed by atoms with E-state index in [2.05, 4.69) is 52.5 Å². The molecule has 0 saturated heterocycles. The summed E-state index contributed by atoms with van der Waals surface area (Å²) >= 11 is 9.56. The number of halogens is 2. The summed E-state index contributed by atoms with van der Waals surface area (Å²) in [5.41, 5.74) is 2.32. The first kappa shape index (κ1) is 14.4. The smallest absolute Gasteiger partial charge is 0.111 e. The Morgan fingerprint density at radius 1 is 1.35 bits per heavy atom. The summed E-state index contributed by atoms with van der Waals surface area (Å²) in [5.74, 6) is 3.24. The van der Waals surface area contributed by atoms with Crippen molar-refractivity contribution in [1.29, 1.82) is 0 Å². The Labute approximate surface area is 133 Å². The van der Waals surface area contributed by atoms with E-state index < -0.39 is 0 Å². The van der Waals surface area contributed by atoms with Crippen molar-refractivity contribution in [2.45, 2.75) is 39.2 Å². The molecule has 1 aromatic carbocycles. The van der Waals surface area contributed by atoms with Crippen LogP contribution in [0.5, 0.6) is 0 Å². The topological polar surface area (TPSA) is 17.8 Å². The maximum Gasteiger partial charge on any atom is 0.111 e. The van der Waals surface area contributed by atoms with Crippen molar-refractivity contribution in [1.82, 2.24) is 9.55 Å². The van der Waals surface area contributed by atoms with Crippen molar-refractivity contribution >= 4 is 38.6 Å². The summed E-state index contributed by atoms with van der Waals surface area (Å²) < 4.78 is 3.57. The van der Waals surface area contributed by atoms with Crippen molar-refractivity contribution < 1.29 is 0 Å². The predicted molar refractivity (Wildman–Crippen MR) is 88.5 cm³/mol. The predicted octanol–water partition coefficient (Wildman–Crippen LogP) is 5.19. The molecule has 20 heavy (non-hydrogen) atoms. The molecule has 1 fully saturated rings. The molecule has 3 rings (SSSR count). The van der Waals surface area contributed by atoms with E-state index in [0.29, 0.717) is 17.8 Å². The minimum absolute atomic E-state index is 0.558. The van der Waals surface area contributed by atoms with Gasteiger partial charge in [-0.15, -0.1) is 11.6 Å². The molecule has 3 unspecified atom stereocenters. The second-order valence-corrected chi connectivity index (χ2v) is 7.24. The number of hydrogen-bond donors (Lipinski definition) is 0. The number of alkyl halides is 1. The molecule has 1 heterocycles. The van der Waals surface area contributed by atoms with Gasteiger partial charge in [-0.1, -0.05) is 29.8 Å². The number of rotatable bonds is 3. The molecule has 0 amide bonds. The third-order valence-corrected chi connectivity index (χ3v) is 5.48. The van der Waals surface area contributed by atoms with Crippen LogP contribution in [0.1, 0.15) is 38.6 Å². The lowest BCUT2D eigenvalue weighted by molar-refractivity contribution is 0.352. The van der Waals surface area contributed by atoms with Crippen molar-refractivity contribution in [2.24, 2.45) is 11.8 Å². The molecule has 2 nitrogen and oxygen atoms in total. The maximum atomic E-state index is 5.98. The lowest BCUT2D eigenvalue weighted by Crippen LogP contribution is -2.17. The average Bonchev–Trinajstić information content (AvgIpc) is 2.92. The molecule has 1 aliphatic rings. The number of imidazole rings is 1. The van der Waals surface area contributed by atoms with Gasteiger partial charge in [0.25, 0.3) is 0 Å². The first-order chi connectivity index (χ1) is 9.61. The van der Waals surface area contributed by atoms with Gasteiger partial charge < -0.3 is 4.57 Å². The van der Waals surface area contributed by atoms with Gasteiger partial charge in [0.2, 0.25) is 0 Å². The summed E-state index contributed by atoms with van der Waals surface area (Å²) in [6, 6.07) is 6.90. The highest BCUT2D eigenvalue weighted by molar-refractivity contribution is 9.10. The van der Waals surface area contributed by atoms with E-state index in [0.717, 1.165) is 28.2 Å². The molecular weight excluding hydrogens is 336 g/mol. The van der Waals surface area contributed by atoms with Crippen LogP contribution in [0.2, 0.25) is 0 Å². The highest BCUT2D eigenvalue weighted by Crippen LogP contribution is 2.42. The van der Waals surface area contributed by atoms with Crippen LogP contribution in [-0.2, 0) is 6.42 Å². The molecule has 2 aromatic rings. The lowest BCUT2D eigenvalue weighted by Gasteiger charge is -2.23. The van der Waals surface area contributed by atoms with Gasteiger partial charge in [0.05, 0.1) is 11.0 Å². The Kier molecular flexibility index (Phi) is 4.09. The van der Waals surface area contributed by atoms with E-state index in [1.54, 1.807) is 0 Å². The molecule has 0 spiro atoms. The standard InChI is InChI=1S/C16H20BrClN2/c1-10-3-6-14(11(10)2)20-15-9-12(17)4-5-13(15)19-16(20)7-8-18/h4-5,9-11,14H,3,6-8H2,1-2H3. The zero-order valence-electron chi connectivity index (χ0n) is 11.9. The van der Waals surface area contributed by atoms with Crippen molar-refractivity contribution in [3.05, 3.63) is 28.5 Å². The Balaban J connectivity index is 2.15. The molecule has 1 aromatic heterocycles. The van der Waals surface area contributed by atoms with Crippen LogP contribution in [0.4, 0.5) is 0 Å². The van der Waals surface area contributed by atoms with Crippen molar-refractivity contribution in [3.8, 4) is 0 Å². The summed E-state index contributed by atoms with van der Waals surface area (Å²) in [4.78, 5) is 4.81. The van der Waals surface area contributed by atoms with Crippen LogP contribution in [0.25, 0.3) is 11.0 Å². The van der Waals surface area contributed by atoms with Crippen LogP contribution < -0.4 is 0 Å². The Hall–Kier alpha value is -0.540. The third-order valence-electron chi connectivity index (χ3n) is 4.80. The normalized spacial score (nSPS) is 26.5. The molecule has 1 aliphatic carbocycles. The molecule has 1 saturated carbocycles. The Bertz CT molecular complexity index is 622. The number of fused-ring (bicyclic) bond motifs is 1. The van der Waals surface area contributed by atoms with Gasteiger partial charge in [-0.2, -0.15) is 0 Å². The second kappa shape index (κ2) is 5.69. The van der Waals surface area contributed by atoms with Gasteiger partial charge in [-0.3, -0.25) is 0 Å². The number of aromatic nitrogens is 2. The van der Waals surface area contributed by atoms with Gasteiger partial charge in [0, 0.05) is 22.8 Å². The highest BCUT2D eigenvalue weighted by Gasteiger charge is 2.33. The molecule has 0 bridgehead atoms. The maximum absolute atomic E-state index is 5.98. The molecule has 108 valence electrons. The van der Waals surface area contributed by atoms with Crippen LogP contribution in [-0.4, -0.2) is 15.4 Å². The van der Waals surface area contributed by atoms with E-state index in [9.17, 15) is 0 Å². The van der Waals surface area contributed by atoms with Crippen molar-refractivity contribution in [3.63, 3.8) is 0 Å². The van der Waals surface area contributed by atoms with Crippen LogP contribution >= 0.6 is 27.5 Å². The van der Waals surface area contributed by atoms with E-state index in [4.69, 9.17) is 16.6 Å². The quantitative estimate of drug-likeness (QED) is 0.693. The van der Waals surface area contributed by atoms with E-state index in [-0.39, 0.29) is 0 Å². The zero-order chi connectivity index (χ0) is 14.3. The van der Waals surface area contributed by atoms with Gasteiger partial charge in [-0.05, 0) is 42.9 Å². The van der Waals surface area contributed by atoms with E-state index in [1.165, 1.54) is 18.4 Å². The summed E-state index contributed by atoms with van der Waals surface area (Å²) in [5, 5.41) is 0. The van der Waals surface area contributed by atoms with Gasteiger partial charge in [0.1, 0.15) is 5.82 Å².